The zero-order chi connectivity index (χ0) is 21.6. The van der Waals surface area contributed by atoms with Crippen molar-refractivity contribution in [2.75, 3.05) is 11.1 Å². The van der Waals surface area contributed by atoms with Gasteiger partial charge in [0.05, 0.1) is 11.4 Å². The van der Waals surface area contributed by atoms with Crippen LogP contribution in [-0.4, -0.2) is 16.6 Å². The fraction of sp³-hybridized carbons (Fsp3) is 0.0435. The summed E-state index contributed by atoms with van der Waals surface area (Å²) in [5.74, 6) is 1.54. The Labute approximate surface area is 198 Å². The maximum Gasteiger partial charge on any atom is 0.234 e. The van der Waals surface area contributed by atoms with Crippen molar-refractivity contribution in [2.24, 2.45) is 0 Å². The van der Waals surface area contributed by atoms with E-state index in [2.05, 4.69) is 10.3 Å². The Hall–Kier alpha value is -2.51. The maximum atomic E-state index is 12.3. The van der Waals surface area contributed by atoms with Crippen LogP contribution in [0.4, 0.5) is 5.69 Å². The van der Waals surface area contributed by atoms with Crippen LogP contribution in [0.5, 0.6) is 11.5 Å². The maximum absolute atomic E-state index is 12.3. The van der Waals surface area contributed by atoms with Gasteiger partial charge in [0.15, 0.2) is 4.34 Å². The number of nitrogens with one attached hydrogen (secondary N) is 1. The number of hydrogen-bond donors (Lipinski definition) is 1. The molecule has 1 amide bonds. The number of halogens is 2. The fourth-order valence-corrected chi connectivity index (χ4v) is 4.53. The Morgan fingerprint density at radius 1 is 0.903 bits per heavy atom. The Morgan fingerprint density at radius 2 is 1.48 bits per heavy atom. The molecule has 0 unspecified atom stereocenters. The van der Waals surface area contributed by atoms with Gasteiger partial charge in [-0.05, 0) is 60.7 Å². The molecule has 3 aromatic carbocycles. The number of nitrogens with zero attached hydrogens (tertiary/aromatic N) is 1. The summed E-state index contributed by atoms with van der Waals surface area (Å²) in [4.78, 5) is 16.9. The quantitative estimate of drug-likeness (QED) is 0.272. The highest BCUT2D eigenvalue weighted by molar-refractivity contribution is 8.01. The summed E-state index contributed by atoms with van der Waals surface area (Å²) >= 11 is 14.7. The minimum absolute atomic E-state index is 0.0976. The molecule has 0 bridgehead atoms. The number of carbonyl (C=O) groups is 1. The van der Waals surface area contributed by atoms with Gasteiger partial charge in [0.2, 0.25) is 5.91 Å². The van der Waals surface area contributed by atoms with Crippen molar-refractivity contribution in [3.05, 3.63) is 88.2 Å². The van der Waals surface area contributed by atoms with Gasteiger partial charge in [-0.2, -0.15) is 0 Å². The molecule has 156 valence electrons. The summed E-state index contributed by atoms with van der Waals surface area (Å²) in [6.45, 7) is 0. The van der Waals surface area contributed by atoms with Crippen molar-refractivity contribution in [2.45, 2.75) is 4.34 Å². The molecule has 0 radical (unpaired) electrons. The van der Waals surface area contributed by atoms with E-state index in [1.807, 2.05) is 29.6 Å². The Kier molecular flexibility index (Phi) is 7.14. The van der Waals surface area contributed by atoms with Crippen molar-refractivity contribution >= 4 is 57.9 Å². The monoisotopic (exact) mass is 486 g/mol. The summed E-state index contributed by atoms with van der Waals surface area (Å²) in [6, 6.07) is 21.9. The molecule has 8 heteroatoms. The number of rotatable bonds is 7. The fourth-order valence-electron chi connectivity index (χ4n) is 2.65. The topological polar surface area (TPSA) is 51.2 Å². The van der Waals surface area contributed by atoms with Crippen LogP contribution in [0.1, 0.15) is 0 Å². The zero-order valence-corrected chi connectivity index (χ0v) is 19.2. The highest BCUT2D eigenvalue weighted by atomic mass is 35.5. The first-order valence-corrected chi connectivity index (χ1v) is 11.8. The second kappa shape index (κ2) is 10.2. The van der Waals surface area contributed by atoms with Crippen LogP contribution in [-0.2, 0) is 4.79 Å². The Bertz CT molecular complexity index is 1160. The second-order valence-electron chi connectivity index (χ2n) is 6.42. The first kappa shape index (κ1) is 21.7. The smallest absolute Gasteiger partial charge is 0.234 e. The summed E-state index contributed by atoms with van der Waals surface area (Å²) < 4.78 is 6.59. The molecule has 1 aromatic heterocycles. The van der Waals surface area contributed by atoms with Gasteiger partial charge >= 0.3 is 0 Å². The van der Waals surface area contributed by atoms with E-state index in [1.165, 1.54) is 23.1 Å². The Balaban J connectivity index is 1.28. The minimum Gasteiger partial charge on any atom is -0.457 e. The largest absolute Gasteiger partial charge is 0.457 e. The molecule has 0 saturated carbocycles. The first-order chi connectivity index (χ1) is 15.0. The molecule has 0 aliphatic carbocycles. The van der Waals surface area contributed by atoms with Crippen LogP contribution in [0.2, 0.25) is 10.0 Å². The van der Waals surface area contributed by atoms with Crippen LogP contribution in [0.3, 0.4) is 0 Å². The van der Waals surface area contributed by atoms with Gasteiger partial charge in [0.25, 0.3) is 0 Å². The molecule has 4 aromatic rings. The molecule has 0 atom stereocenters. The normalized spacial score (nSPS) is 10.6. The third kappa shape index (κ3) is 6.24. The highest BCUT2D eigenvalue weighted by Gasteiger charge is 2.09. The van der Waals surface area contributed by atoms with E-state index in [4.69, 9.17) is 27.9 Å². The third-order valence-corrected chi connectivity index (χ3v) is 6.66. The van der Waals surface area contributed by atoms with E-state index in [0.717, 1.165) is 15.6 Å². The molecular formula is C23H16Cl2N2O2S2. The molecule has 1 heterocycles. The third-order valence-electron chi connectivity index (χ3n) is 4.14. The van der Waals surface area contributed by atoms with Gasteiger partial charge in [0, 0.05) is 26.7 Å². The molecule has 0 spiro atoms. The number of thiazole rings is 1. The van der Waals surface area contributed by atoms with Crippen molar-refractivity contribution in [1.82, 2.24) is 4.98 Å². The van der Waals surface area contributed by atoms with Gasteiger partial charge in [-0.1, -0.05) is 47.1 Å². The van der Waals surface area contributed by atoms with Crippen molar-refractivity contribution in [1.29, 1.82) is 0 Å². The molecule has 0 saturated heterocycles. The summed E-state index contributed by atoms with van der Waals surface area (Å²) in [7, 11) is 0. The lowest BCUT2D eigenvalue weighted by atomic mass is 10.2. The first-order valence-electron chi connectivity index (χ1n) is 9.23. The average Bonchev–Trinajstić information content (AvgIpc) is 3.25. The number of anilines is 1. The van der Waals surface area contributed by atoms with Crippen LogP contribution >= 0.6 is 46.3 Å². The Morgan fingerprint density at radius 3 is 2.13 bits per heavy atom. The molecule has 0 aliphatic rings. The van der Waals surface area contributed by atoms with Crippen molar-refractivity contribution < 1.29 is 9.53 Å². The van der Waals surface area contributed by atoms with E-state index in [1.54, 1.807) is 48.5 Å². The van der Waals surface area contributed by atoms with Crippen molar-refractivity contribution in [3.63, 3.8) is 0 Å². The molecule has 1 N–H and O–H groups in total. The van der Waals surface area contributed by atoms with Gasteiger partial charge in [-0.3, -0.25) is 4.79 Å². The lowest BCUT2D eigenvalue weighted by Gasteiger charge is -2.08. The van der Waals surface area contributed by atoms with Crippen LogP contribution in [0.15, 0.2) is 82.5 Å². The van der Waals surface area contributed by atoms with Crippen molar-refractivity contribution in [3.8, 4) is 22.8 Å². The lowest BCUT2D eigenvalue weighted by molar-refractivity contribution is -0.113. The van der Waals surface area contributed by atoms with Crippen LogP contribution in [0.25, 0.3) is 11.3 Å². The molecular weight excluding hydrogens is 471 g/mol. The van der Waals surface area contributed by atoms with Gasteiger partial charge in [-0.25, -0.2) is 4.98 Å². The van der Waals surface area contributed by atoms with Gasteiger partial charge in [0.1, 0.15) is 11.5 Å². The van der Waals surface area contributed by atoms with Gasteiger partial charge < -0.3 is 10.1 Å². The van der Waals surface area contributed by atoms with Gasteiger partial charge in [-0.15, -0.1) is 11.3 Å². The van der Waals surface area contributed by atoms with E-state index >= 15 is 0 Å². The predicted octanol–water partition coefficient (Wildman–Crippen LogP) is 7.64. The van der Waals surface area contributed by atoms with Crippen LogP contribution < -0.4 is 10.1 Å². The standard InChI is InChI=1S/C23H16Cl2N2O2S2/c24-16-3-1-15(2-4-16)21-13-30-23(27-21)31-14-22(28)26-18-7-11-20(12-8-18)29-19-9-5-17(25)6-10-19/h1-13H,14H2,(H,26,28). The number of carbonyl (C=O) groups excluding carboxylic acids is 1. The number of benzene rings is 3. The number of amides is 1. The summed E-state index contributed by atoms with van der Waals surface area (Å²) in [6.07, 6.45) is 0. The molecule has 31 heavy (non-hydrogen) atoms. The molecule has 0 aliphatic heterocycles. The number of thioether (sulfide) groups is 1. The van der Waals surface area contributed by atoms with Crippen LogP contribution in [0, 0.1) is 0 Å². The van der Waals surface area contributed by atoms with E-state index < -0.39 is 0 Å². The minimum atomic E-state index is -0.0976. The summed E-state index contributed by atoms with van der Waals surface area (Å²) in [5, 5.41) is 6.20. The number of ether oxygens (including phenoxy) is 1. The SMILES string of the molecule is O=C(CSc1nc(-c2ccc(Cl)cc2)cs1)Nc1ccc(Oc2ccc(Cl)cc2)cc1. The molecule has 4 nitrogen and oxygen atoms in total. The zero-order valence-electron chi connectivity index (χ0n) is 16.0. The average molecular weight is 487 g/mol. The molecule has 0 fully saturated rings. The second-order valence-corrected chi connectivity index (χ2v) is 9.38. The van der Waals surface area contributed by atoms with E-state index in [9.17, 15) is 4.79 Å². The number of hydrogen-bond acceptors (Lipinski definition) is 5. The summed E-state index contributed by atoms with van der Waals surface area (Å²) in [5.41, 5.74) is 2.58. The molecule has 4 rings (SSSR count). The number of aromatic nitrogens is 1. The predicted molar refractivity (Wildman–Crippen MR) is 130 cm³/mol. The van der Waals surface area contributed by atoms with E-state index in [0.29, 0.717) is 27.2 Å². The van der Waals surface area contributed by atoms with E-state index in [-0.39, 0.29) is 11.7 Å². The lowest BCUT2D eigenvalue weighted by Crippen LogP contribution is -2.13. The highest BCUT2D eigenvalue weighted by Crippen LogP contribution is 2.29.